The van der Waals surface area contributed by atoms with Crippen LogP contribution in [0, 0.1) is 12.7 Å². The molecule has 0 aromatic heterocycles. The molecule has 1 N–H and O–H groups in total. The molecule has 1 aromatic rings. The van der Waals surface area contributed by atoms with Crippen LogP contribution in [-0.4, -0.2) is 30.6 Å². The molecule has 1 aromatic carbocycles. The fourth-order valence-electron chi connectivity index (χ4n) is 4.26. The van der Waals surface area contributed by atoms with Gasteiger partial charge in [0.05, 0.1) is 6.04 Å². The Bertz CT molecular complexity index is 462. The molecule has 21 heavy (non-hydrogen) atoms. The quantitative estimate of drug-likeness (QED) is 0.851. The average molecular weight is 292 g/mol. The minimum Gasteiger partial charge on any atom is -0.311 e. The molecule has 1 fully saturated rings. The zero-order valence-electron chi connectivity index (χ0n) is 13.9. The maximum absolute atomic E-state index is 13.8. The van der Waals surface area contributed by atoms with Crippen molar-refractivity contribution in [2.45, 2.75) is 58.0 Å². The van der Waals surface area contributed by atoms with Crippen molar-refractivity contribution in [3.63, 3.8) is 0 Å². The molecule has 2 rings (SSSR count). The van der Waals surface area contributed by atoms with E-state index in [-0.39, 0.29) is 17.4 Å². The van der Waals surface area contributed by atoms with Crippen LogP contribution in [0.3, 0.4) is 0 Å². The summed E-state index contributed by atoms with van der Waals surface area (Å²) in [6.07, 6.45) is 4.92. The Hall–Kier alpha value is -0.930. The summed E-state index contributed by atoms with van der Waals surface area (Å²) in [5, 5.41) is 3.51. The number of halogens is 1. The van der Waals surface area contributed by atoms with Crippen LogP contribution in [0.4, 0.5) is 4.39 Å². The molecule has 0 radical (unpaired) electrons. The van der Waals surface area contributed by atoms with Gasteiger partial charge in [0.2, 0.25) is 0 Å². The third-order valence-corrected chi connectivity index (χ3v) is 5.24. The van der Waals surface area contributed by atoms with Gasteiger partial charge in [0.15, 0.2) is 0 Å². The zero-order chi connectivity index (χ0) is 15.5. The van der Waals surface area contributed by atoms with Crippen LogP contribution in [0.25, 0.3) is 0 Å². The Balaban J connectivity index is 2.47. The molecule has 118 valence electrons. The monoisotopic (exact) mass is 292 g/mol. The molecule has 0 spiro atoms. The van der Waals surface area contributed by atoms with Gasteiger partial charge in [0, 0.05) is 5.54 Å². The predicted molar refractivity (Wildman–Crippen MR) is 87.1 cm³/mol. The van der Waals surface area contributed by atoms with Crippen LogP contribution < -0.4 is 5.32 Å². The molecule has 0 saturated heterocycles. The lowest BCUT2D eigenvalue weighted by molar-refractivity contribution is 0.0652. The van der Waals surface area contributed by atoms with Crippen molar-refractivity contribution in [3.8, 4) is 0 Å². The standard InChI is InChI=1S/C18H29FN2/c1-5-21(6-2)18(11-7-8-12-18)17(20-4)16-13-15(19)10-9-14(16)3/h9-10,13,17,20H,5-8,11-12H2,1-4H3. The van der Waals surface area contributed by atoms with E-state index in [1.807, 2.05) is 13.1 Å². The van der Waals surface area contributed by atoms with Crippen molar-refractivity contribution >= 4 is 0 Å². The van der Waals surface area contributed by atoms with E-state index in [4.69, 9.17) is 0 Å². The van der Waals surface area contributed by atoms with Crippen molar-refractivity contribution in [3.05, 3.63) is 35.1 Å². The maximum atomic E-state index is 13.8. The van der Waals surface area contributed by atoms with Gasteiger partial charge in [-0.25, -0.2) is 4.39 Å². The Kier molecular flexibility index (Phi) is 5.39. The minimum atomic E-state index is -0.136. The largest absolute Gasteiger partial charge is 0.311 e. The molecule has 1 atom stereocenters. The van der Waals surface area contributed by atoms with Gasteiger partial charge >= 0.3 is 0 Å². The number of nitrogens with zero attached hydrogens (tertiary/aromatic N) is 1. The molecule has 2 nitrogen and oxygen atoms in total. The highest BCUT2D eigenvalue weighted by atomic mass is 19.1. The van der Waals surface area contributed by atoms with Crippen LogP contribution in [0.5, 0.6) is 0 Å². The summed E-state index contributed by atoms with van der Waals surface area (Å²) in [5.41, 5.74) is 2.41. The van der Waals surface area contributed by atoms with E-state index >= 15 is 0 Å². The van der Waals surface area contributed by atoms with Crippen molar-refractivity contribution in [2.24, 2.45) is 0 Å². The van der Waals surface area contributed by atoms with Gasteiger partial charge in [-0.2, -0.15) is 0 Å². The summed E-state index contributed by atoms with van der Waals surface area (Å²) >= 11 is 0. The van der Waals surface area contributed by atoms with Gasteiger partial charge < -0.3 is 5.32 Å². The molecule has 3 heteroatoms. The molecule has 1 unspecified atom stereocenters. The molecule has 1 saturated carbocycles. The summed E-state index contributed by atoms with van der Waals surface area (Å²) in [6, 6.07) is 5.38. The van der Waals surface area contributed by atoms with E-state index in [1.54, 1.807) is 12.1 Å². The van der Waals surface area contributed by atoms with E-state index in [1.165, 1.54) is 31.2 Å². The molecule has 1 aliphatic carbocycles. The number of hydrogen-bond acceptors (Lipinski definition) is 2. The van der Waals surface area contributed by atoms with Crippen LogP contribution in [0.1, 0.15) is 56.7 Å². The molecule has 0 aliphatic heterocycles. The Morgan fingerprint density at radius 2 is 1.86 bits per heavy atom. The second kappa shape index (κ2) is 6.89. The van der Waals surface area contributed by atoms with Crippen molar-refractivity contribution in [2.75, 3.05) is 20.1 Å². The average Bonchev–Trinajstić information content (AvgIpc) is 2.95. The normalized spacial score (nSPS) is 19.1. The molecule has 0 bridgehead atoms. The third-order valence-electron chi connectivity index (χ3n) is 5.24. The van der Waals surface area contributed by atoms with Crippen molar-refractivity contribution in [1.82, 2.24) is 10.2 Å². The predicted octanol–water partition coefficient (Wildman–Crippen LogP) is 4.05. The zero-order valence-corrected chi connectivity index (χ0v) is 13.9. The molecule has 0 heterocycles. The van der Waals surface area contributed by atoms with Crippen molar-refractivity contribution in [1.29, 1.82) is 0 Å². The first-order valence-corrected chi connectivity index (χ1v) is 8.27. The number of nitrogens with one attached hydrogen (secondary N) is 1. The number of likely N-dealkylation sites (N-methyl/N-ethyl adjacent to an activating group) is 2. The second-order valence-electron chi connectivity index (χ2n) is 6.21. The SMILES string of the molecule is CCN(CC)C1(C(NC)c2cc(F)ccc2C)CCCC1. The van der Waals surface area contributed by atoms with E-state index in [2.05, 4.69) is 31.0 Å². The van der Waals surface area contributed by atoms with Crippen LogP contribution in [0.15, 0.2) is 18.2 Å². The Labute approximate surface area is 128 Å². The van der Waals surface area contributed by atoms with Crippen LogP contribution in [0.2, 0.25) is 0 Å². The summed E-state index contributed by atoms with van der Waals surface area (Å²) in [7, 11) is 2.01. The Morgan fingerprint density at radius 3 is 2.38 bits per heavy atom. The number of aryl methyl sites for hydroxylation is 1. The highest BCUT2D eigenvalue weighted by molar-refractivity contribution is 5.33. The maximum Gasteiger partial charge on any atom is 0.123 e. The van der Waals surface area contributed by atoms with E-state index < -0.39 is 0 Å². The first-order chi connectivity index (χ1) is 10.1. The number of benzene rings is 1. The second-order valence-corrected chi connectivity index (χ2v) is 6.21. The molecule has 0 amide bonds. The van der Waals surface area contributed by atoms with Gasteiger partial charge in [-0.1, -0.05) is 32.8 Å². The Morgan fingerprint density at radius 1 is 1.24 bits per heavy atom. The van der Waals surface area contributed by atoms with E-state index in [0.29, 0.717) is 0 Å². The fourth-order valence-corrected chi connectivity index (χ4v) is 4.26. The van der Waals surface area contributed by atoms with Gasteiger partial charge in [-0.05, 0) is 63.2 Å². The first-order valence-electron chi connectivity index (χ1n) is 8.27. The summed E-state index contributed by atoms with van der Waals surface area (Å²) in [6.45, 7) is 8.64. The highest BCUT2D eigenvalue weighted by Gasteiger charge is 2.45. The lowest BCUT2D eigenvalue weighted by Crippen LogP contribution is -2.54. The molecular weight excluding hydrogens is 263 g/mol. The topological polar surface area (TPSA) is 15.3 Å². The third kappa shape index (κ3) is 3.00. The number of rotatable bonds is 6. The van der Waals surface area contributed by atoms with Gasteiger partial charge in [0.1, 0.15) is 5.82 Å². The molecule has 1 aliphatic rings. The smallest absolute Gasteiger partial charge is 0.123 e. The van der Waals surface area contributed by atoms with E-state index in [0.717, 1.165) is 18.7 Å². The van der Waals surface area contributed by atoms with Crippen LogP contribution >= 0.6 is 0 Å². The lowest BCUT2D eigenvalue weighted by Gasteiger charge is -2.47. The van der Waals surface area contributed by atoms with Gasteiger partial charge in [-0.3, -0.25) is 4.90 Å². The number of hydrogen-bond donors (Lipinski definition) is 1. The van der Waals surface area contributed by atoms with Gasteiger partial charge in [-0.15, -0.1) is 0 Å². The molecular formula is C18H29FN2. The van der Waals surface area contributed by atoms with Crippen molar-refractivity contribution < 1.29 is 4.39 Å². The highest BCUT2D eigenvalue weighted by Crippen LogP contribution is 2.45. The van der Waals surface area contributed by atoms with E-state index in [9.17, 15) is 4.39 Å². The summed E-state index contributed by atoms with van der Waals surface area (Å²) < 4.78 is 13.8. The van der Waals surface area contributed by atoms with Crippen LogP contribution in [-0.2, 0) is 0 Å². The lowest BCUT2D eigenvalue weighted by atomic mass is 9.80. The minimum absolute atomic E-state index is 0.122. The first kappa shape index (κ1) is 16.4. The fraction of sp³-hybridized carbons (Fsp3) is 0.667. The summed E-state index contributed by atoms with van der Waals surface area (Å²) in [5.74, 6) is -0.136. The summed E-state index contributed by atoms with van der Waals surface area (Å²) in [4.78, 5) is 2.57. The van der Waals surface area contributed by atoms with Gasteiger partial charge in [0.25, 0.3) is 0 Å².